The maximum Gasteiger partial charge on any atom is 0.328 e. The Kier molecular flexibility index (Phi) is 17.1. The Labute approximate surface area is 214 Å². The molecule has 1 saturated heterocycles. The largest absolute Gasteiger partial charge is 0.494 e. The van der Waals surface area contributed by atoms with Crippen LogP contribution in [0, 0.1) is 5.92 Å². The maximum atomic E-state index is 9.55. The predicted octanol–water partition coefficient (Wildman–Crippen LogP) is 2.38. The lowest BCUT2D eigenvalue weighted by Crippen LogP contribution is -2.39. The predicted molar refractivity (Wildman–Crippen MR) is 133 cm³/mol. The van der Waals surface area contributed by atoms with Crippen molar-refractivity contribution in [3.05, 3.63) is 53.1 Å². The highest BCUT2D eigenvalue weighted by Gasteiger charge is 2.18. The fourth-order valence-electron chi connectivity index (χ4n) is 3.15. The number of aliphatic carboxylic acids is 4. The van der Waals surface area contributed by atoms with Gasteiger partial charge in [-0.1, -0.05) is 11.6 Å². The maximum absolute atomic E-state index is 9.55. The molecule has 12 heteroatoms. The van der Waals surface area contributed by atoms with Gasteiger partial charge in [0, 0.05) is 42.4 Å². The van der Waals surface area contributed by atoms with Crippen molar-refractivity contribution >= 4 is 35.5 Å². The van der Waals surface area contributed by atoms with Crippen LogP contribution in [0.3, 0.4) is 0 Å². The summed E-state index contributed by atoms with van der Waals surface area (Å²) in [6.07, 6.45) is 5.74. The van der Waals surface area contributed by atoms with E-state index in [1.54, 1.807) is 0 Å². The number of nitrogens with two attached hydrogens (primary N) is 1. The van der Waals surface area contributed by atoms with Crippen molar-refractivity contribution < 1.29 is 44.3 Å². The molecule has 0 amide bonds. The molecule has 36 heavy (non-hydrogen) atoms. The van der Waals surface area contributed by atoms with E-state index in [-0.39, 0.29) is 0 Å². The summed E-state index contributed by atoms with van der Waals surface area (Å²) in [7, 11) is 0. The van der Waals surface area contributed by atoms with Gasteiger partial charge in [0.1, 0.15) is 5.75 Å². The number of carboxylic acids is 4. The van der Waals surface area contributed by atoms with Gasteiger partial charge in [0.15, 0.2) is 0 Å². The van der Waals surface area contributed by atoms with E-state index in [0.29, 0.717) is 36.8 Å². The molecule has 0 aliphatic carbocycles. The highest BCUT2D eigenvalue weighted by atomic mass is 35.5. The van der Waals surface area contributed by atoms with Crippen molar-refractivity contribution in [3.8, 4) is 5.75 Å². The summed E-state index contributed by atoms with van der Waals surface area (Å²) in [5, 5.41) is 32.0. The van der Waals surface area contributed by atoms with Crippen LogP contribution in [0.1, 0.15) is 25.3 Å². The third-order valence-corrected chi connectivity index (χ3v) is 4.93. The first-order valence-electron chi connectivity index (χ1n) is 11.1. The van der Waals surface area contributed by atoms with Crippen molar-refractivity contribution in [2.45, 2.75) is 26.2 Å². The standard InChI is InChI=1S/C16H25ClN2O.2C4H4O4/c1-2-20-16-6-5-15(17)10-14(16)7-9-19-8-3-4-13(11-18)12-19;2*5-3(6)1-2-4(7)8/h5-6,10,13H,2-4,7-9,11-12,18H2,1H3;2*1-2H,(H,5,6)(H,7,8)/b;2*2-1+/t13-;;/m0../s1. The molecule has 200 valence electrons. The summed E-state index contributed by atoms with van der Waals surface area (Å²) in [4.78, 5) is 40.7. The Morgan fingerprint density at radius 2 is 1.56 bits per heavy atom. The SMILES string of the molecule is CCOc1ccc(Cl)cc1CCN1CCC[C@@H](CN)C1.O=C(O)/C=C/C(=O)O.O=C(O)/C=C/C(=O)O. The fraction of sp³-hybridized carbons (Fsp3) is 0.417. The highest BCUT2D eigenvalue weighted by Crippen LogP contribution is 2.24. The molecule has 6 N–H and O–H groups in total. The number of likely N-dealkylation sites (tertiary alicyclic amines) is 1. The van der Waals surface area contributed by atoms with Crippen LogP contribution in [0.2, 0.25) is 5.02 Å². The summed E-state index contributed by atoms with van der Waals surface area (Å²) in [6, 6.07) is 5.89. The third kappa shape index (κ3) is 17.1. The van der Waals surface area contributed by atoms with E-state index in [9.17, 15) is 19.2 Å². The zero-order chi connectivity index (χ0) is 27.5. The van der Waals surface area contributed by atoms with E-state index in [1.165, 1.54) is 24.9 Å². The Bertz CT molecular complexity index is 853. The van der Waals surface area contributed by atoms with Crippen LogP contribution in [-0.2, 0) is 25.6 Å². The molecule has 1 aromatic rings. The summed E-state index contributed by atoms with van der Waals surface area (Å²) in [5.74, 6) is -3.40. The van der Waals surface area contributed by atoms with Crippen LogP contribution >= 0.6 is 11.6 Å². The van der Waals surface area contributed by atoms with Gasteiger partial charge in [-0.05, 0) is 69.0 Å². The number of rotatable bonds is 10. The van der Waals surface area contributed by atoms with Crippen LogP contribution in [0.5, 0.6) is 5.75 Å². The van der Waals surface area contributed by atoms with Gasteiger partial charge < -0.3 is 35.8 Å². The summed E-state index contributed by atoms with van der Waals surface area (Å²) >= 11 is 6.10. The molecule has 0 radical (unpaired) electrons. The van der Waals surface area contributed by atoms with Crippen LogP contribution in [0.25, 0.3) is 0 Å². The summed E-state index contributed by atoms with van der Waals surface area (Å²) < 4.78 is 5.68. The number of carbonyl (C=O) groups is 4. The minimum atomic E-state index is -1.26. The van der Waals surface area contributed by atoms with Crippen LogP contribution in [0.4, 0.5) is 0 Å². The molecule has 1 fully saturated rings. The van der Waals surface area contributed by atoms with Crippen molar-refractivity contribution in [3.63, 3.8) is 0 Å². The first-order valence-corrected chi connectivity index (χ1v) is 11.5. The highest BCUT2D eigenvalue weighted by molar-refractivity contribution is 6.30. The van der Waals surface area contributed by atoms with Gasteiger partial charge >= 0.3 is 23.9 Å². The third-order valence-electron chi connectivity index (χ3n) is 4.69. The topological polar surface area (TPSA) is 188 Å². The average Bonchev–Trinajstić information content (AvgIpc) is 2.82. The molecule has 2 rings (SSSR count). The van der Waals surface area contributed by atoms with E-state index >= 15 is 0 Å². The van der Waals surface area contributed by atoms with Gasteiger partial charge in [-0.15, -0.1) is 0 Å². The fourth-order valence-corrected chi connectivity index (χ4v) is 3.34. The number of nitrogens with zero attached hydrogens (tertiary/aromatic N) is 1. The summed E-state index contributed by atoms with van der Waals surface area (Å²) in [5.41, 5.74) is 7.00. The second-order valence-corrected chi connectivity index (χ2v) is 7.94. The molecule has 11 nitrogen and oxygen atoms in total. The van der Waals surface area contributed by atoms with Gasteiger partial charge in [-0.3, -0.25) is 0 Å². The molecule has 0 spiro atoms. The molecule has 1 heterocycles. The molecule has 0 bridgehead atoms. The van der Waals surface area contributed by atoms with Crippen molar-refractivity contribution in [2.75, 3.05) is 32.8 Å². The van der Waals surface area contributed by atoms with Crippen molar-refractivity contribution in [1.82, 2.24) is 4.90 Å². The molecule has 0 aromatic heterocycles. The van der Waals surface area contributed by atoms with Gasteiger partial charge in [-0.2, -0.15) is 0 Å². The minimum Gasteiger partial charge on any atom is -0.494 e. The molecule has 0 unspecified atom stereocenters. The second kappa shape index (κ2) is 18.9. The van der Waals surface area contributed by atoms with E-state index in [1.807, 2.05) is 25.1 Å². The molecular formula is C24H33ClN2O9. The van der Waals surface area contributed by atoms with E-state index < -0.39 is 23.9 Å². The lowest BCUT2D eigenvalue weighted by Gasteiger charge is -2.32. The number of hydrogen-bond acceptors (Lipinski definition) is 7. The van der Waals surface area contributed by atoms with Gasteiger partial charge in [0.25, 0.3) is 0 Å². The minimum absolute atomic E-state index is 0.558. The number of ether oxygens (including phenoxy) is 1. The van der Waals surface area contributed by atoms with Crippen molar-refractivity contribution in [1.29, 1.82) is 0 Å². The zero-order valence-electron chi connectivity index (χ0n) is 20.0. The van der Waals surface area contributed by atoms with Gasteiger partial charge in [0.05, 0.1) is 6.61 Å². The lowest BCUT2D eigenvalue weighted by atomic mass is 9.98. The van der Waals surface area contributed by atoms with Gasteiger partial charge in [-0.25, -0.2) is 19.2 Å². The van der Waals surface area contributed by atoms with Crippen molar-refractivity contribution in [2.24, 2.45) is 11.7 Å². The van der Waals surface area contributed by atoms with E-state index in [0.717, 1.165) is 36.8 Å². The number of piperidine rings is 1. The smallest absolute Gasteiger partial charge is 0.328 e. The first-order chi connectivity index (χ1) is 17.0. The normalized spacial score (nSPS) is 15.4. The Hall–Kier alpha value is -3.41. The molecule has 0 saturated carbocycles. The summed E-state index contributed by atoms with van der Waals surface area (Å²) in [6.45, 7) is 6.86. The second-order valence-electron chi connectivity index (χ2n) is 7.50. The zero-order valence-corrected chi connectivity index (χ0v) is 20.8. The first kappa shape index (κ1) is 32.6. The molecule has 1 aliphatic heterocycles. The van der Waals surface area contributed by atoms with Crippen LogP contribution in [0.15, 0.2) is 42.5 Å². The van der Waals surface area contributed by atoms with Crippen LogP contribution < -0.4 is 10.5 Å². The number of carboxylic acid groups (broad SMARTS) is 4. The Morgan fingerprint density at radius 1 is 1.03 bits per heavy atom. The molecular weight excluding hydrogens is 496 g/mol. The average molecular weight is 529 g/mol. The number of halogens is 1. The Balaban J connectivity index is 0.000000634. The monoisotopic (exact) mass is 528 g/mol. The van der Waals surface area contributed by atoms with E-state index in [2.05, 4.69) is 4.90 Å². The number of hydrogen-bond donors (Lipinski definition) is 5. The van der Waals surface area contributed by atoms with Crippen LogP contribution in [-0.4, -0.2) is 82.0 Å². The number of benzene rings is 1. The lowest BCUT2D eigenvalue weighted by molar-refractivity contribution is -0.134. The molecule has 1 aliphatic rings. The van der Waals surface area contributed by atoms with Gasteiger partial charge in [0.2, 0.25) is 0 Å². The van der Waals surface area contributed by atoms with E-state index in [4.69, 9.17) is 42.5 Å². The quantitative estimate of drug-likeness (QED) is 0.280. The molecule has 1 aromatic carbocycles. The Morgan fingerprint density at radius 3 is 2.00 bits per heavy atom. The molecule has 1 atom stereocenters.